The summed E-state index contributed by atoms with van der Waals surface area (Å²) in [5.41, 5.74) is 2.26. The van der Waals surface area contributed by atoms with E-state index in [2.05, 4.69) is 37.9 Å². The zero-order chi connectivity index (χ0) is 9.84. The highest BCUT2D eigenvalue weighted by atomic mass is 16.5. The predicted octanol–water partition coefficient (Wildman–Crippen LogP) is 2.78. The van der Waals surface area contributed by atoms with Crippen LogP contribution in [-0.4, -0.2) is 12.1 Å². The van der Waals surface area contributed by atoms with Crippen molar-refractivity contribution in [1.82, 2.24) is 4.98 Å². The molecule has 0 atom stereocenters. The number of hydrogen-bond acceptors (Lipinski definition) is 2. The van der Waals surface area contributed by atoms with Gasteiger partial charge in [-0.05, 0) is 18.4 Å². The van der Waals surface area contributed by atoms with E-state index in [1.54, 1.807) is 7.11 Å². The number of ether oxygens (including phenoxy) is 1. The van der Waals surface area contributed by atoms with E-state index in [1.165, 1.54) is 5.56 Å². The van der Waals surface area contributed by atoms with E-state index >= 15 is 0 Å². The molecule has 1 heterocycles. The summed E-state index contributed by atoms with van der Waals surface area (Å²) < 4.78 is 5.22. The monoisotopic (exact) mass is 179 g/mol. The molecule has 0 aliphatic carbocycles. The van der Waals surface area contributed by atoms with Gasteiger partial charge >= 0.3 is 0 Å². The first-order valence-corrected chi connectivity index (χ1v) is 4.72. The molecule has 13 heavy (non-hydrogen) atoms. The number of rotatable bonds is 3. The molecule has 0 bridgehead atoms. The number of aryl methyl sites for hydroxylation is 1. The Morgan fingerprint density at radius 2 is 2.08 bits per heavy atom. The van der Waals surface area contributed by atoms with Crippen molar-refractivity contribution in [3.8, 4) is 5.88 Å². The van der Waals surface area contributed by atoms with Gasteiger partial charge in [-0.25, -0.2) is 4.98 Å². The highest BCUT2D eigenvalue weighted by Crippen LogP contribution is 2.20. The molecule has 2 nitrogen and oxygen atoms in total. The third-order valence-electron chi connectivity index (χ3n) is 2.13. The molecule has 0 saturated heterocycles. The molecule has 0 radical (unpaired) electrons. The first kappa shape index (κ1) is 10.0. The van der Waals surface area contributed by atoms with Gasteiger partial charge in [0.05, 0.1) is 7.11 Å². The van der Waals surface area contributed by atoms with Crippen molar-refractivity contribution in [2.45, 2.75) is 33.1 Å². The van der Waals surface area contributed by atoms with Crippen LogP contribution in [-0.2, 0) is 6.42 Å². The minimum Gasteiger partial charge on any atom is -0.481 e. The van der Waals surface area contributed by atoms with Gasteiger partial charge in [-0.2, -0.15) is 0 Å². The number of pyridine rings is 1. The number of nitrogens with zero attached hydrogens (tertiary/aromatic N) is 1. The molecule has 0 spiro atoms. The average molecular weight is 179 g/mol. The lowest BCUT2D eigenvalue weighted by Gasteiger charge is -2.09. The van der Waals surface area contributed by atoms with E-state index in [4.69, 9.17) is 4.74 Å². The van der Waals surface area contributed by atoms with Gasteiger partial charge in [-0.1, -0.05) is 26.8 Å². The average Bonchev–Trinajstić information content (AvgIpc) is 2.16. The Kier molecular flexibility index (Phi) is 3.29. The largest absolute Gasteiger partial charge is 0.481 e. The lowest BCUT2D eigenvalue weighted by Crippen LogP contribution is -1.99. The Hall–Kier alpha value is -1.05. The van der Waals surface area contributed by atoms with Gasteiger partial charge in [0.1, 0.15) is 0 Å². The molecule has 0 aliphatic rings. The van der Waals surface area contributed by atoms with Crippen LogP contribution < -0.4 is 4.74 Å². The number of methoxy groups -OCH3 is 1. The van der Waals surface area contributed by atoms with Crippen molar-refractivity contribution >= 4 is 0 Å². The van der Waals surface area contributed by atoms with Gasteiger partial charge in [0, 0.05) is 11.3 Å². The quantitative estimate of drug-likeness (QED) is 0.711. The van der Waals surface area contributed by atoms with E-state index in [0.29, 0.717) is 5.92 Å². The topological polar surface area (TPSA) is 22.1 Å². The third kappa shape index (κ3) is 2.20. The Morgan fingerprint density at radius 3 is 2.54 bits per heavy atom. The van der Waals surface area contributed by atoms with Crippen LogP contribution in [0.3, 0.4) is 0 Å². The maximum atomic E-state index is 5.22. The molecule has 0 aliphatic heterocycles. The molecule has 0 fully saturated rings. The van der Waals surface area contributed by atoms with E-state index < -0.39 is 0 Å². The molecule has 1 aromatic heterocycles. The molecule has 0 amide bonds. The summed E-state index contributed by atoms with van der Waals surface area (Å²) in [6, 6.07) is 4.17. The normalized spacial score (nSPS) is 10.5. The van der Waals surface area contributed by atoms with Crippen LogP contribution in [0.25, 0.3) is 0 Å². The number of hydrogen-bond donors (Lipinski definition) is 0. The molecule has 0 N–H and O–H groups in total. The summed E-state index contributed by atoms with van der Waals surface area (Å²) in [6.07, 6.45) is 0.967. The summed E-state index contributed by atoms with van der Waals surface area (Å²) >= 11 is 0. The van der Waals surface area contributed by atoms with Crippen molar-refractivity contribution in [3.63, 3.8) is 0 Å². The summed E-state index contributed by atoms with van der Waals surface area (Å²) in [7, 11) is 1.67. The Balaban J connectivity index is 3.05. The Bertz CT molecular complexity index is 281. The molecule has 2 heteroatoms. The zero-order valence-corrected chi connectivity index (χ0v) is 8.79. The van der Waals surface area contributed by atoms with Gasteiger partial charge in [-0.3, -0.25) is 0 Å². The minimum absolute atomic E-state index is 0.458. The summed E-state index contributed by atoms with van der Waals surface area (Å²) in [6.45, 7) is 6.37. The molecule has 0 aromatic carbocycles. The lowest BCUT2D eigenvalue weighted by molar-refractivity contribution is 0.390. The maximum Gasteiger partial charge on any atom is 0.216 e. The van der Waals surface area contributed by atoms with Gasteiger partial charge in [0.15, 0.2) is 0 Å². The smallest absolute Gasteiger partial charge is 0.216 e. The van der Waals surface area contributed by atoms with Crippen molar-refractivity contribution in [2.24, 2.45) is 0 Å². The van der Waals surface area contributed by atoms with Gasteiger partial charge < -0.3 is 4.74 Å². The Labute approximate surface area is 80.0 Å². The van der Waals surface area contributed by atoms with Crippen molar-refractivity contribution in [2.75, 3.05) is 7.11 Å². The molecule has 0 unspecified atom stereocenters. The van der Waals surface area contributed by atoms with Crippen LogP contribution in [0.15, 0.2) is 12.1 Å². The molecule has 0 saturated carbocycles. The fourth-order valence-corrected chi connectivity index (χ4v) is 1.25. The third-order valence-corrected chi connectivity index (χ3v) is 2.13. The van der Waals surface area contributed by atoms with Crippen LogP contribution in [0, 0.1) is 0 Å². The van der Waals surface area contributed by atoms with Crippen molar-refractivity contribution < 1.29 is 4.74 Å². The van der Waals surface area contributed by atoms with Crippen LogP contribution in [0.1, 0.15) is 37.9 Å². The predicted molar refractivity (Wildman–Crippen MR) is 54.3 cm³/mol. The van der Waals surface area contributed by atoms with E-state index in [0.717, 1.165) is 18.0 Å². The lowest BCUT2D eigenvalue weighted by atomic mass is 10.1. The molecule has 1 rings (SSSR count). The number of aromatic nitrogens is 1. The molecular weight excluding hydrogens is 162 g/mol. The van der Waals surface area contributed by atoms with E-state index in [9.17, 15) is 0 Å². The molecular formula is C11H17NO. The van der Waals surface area contributed by atoms with Crippen LogP contribution in [0.5, 0.6) is 5.88 Å². The second-order valence-corrected chi connectivity index (χ2v) is 3.41. The maximum absolute atomic E-state index is 5.22. The summed E-state index contributed by atoms with van der Waals surface area (Å²) in [5, 5.41) is 0. The first-order valence-electron chi connectivity index (χ1n) is 4.72. The highest BCUT2D eigenvalue weighted by molar-refractivity contribution is 5.29. The summed E-state index contributed by atoms with van der Waals surface area (Å²) in [5.74, 6) is 1.23. The van der Waals surface area contributed by atoms with Crippen LogP contribution >= 0.6 is 0 Å². The zero-order valence-electron chi connectivity index (χ0n) is 8.79. The van der Waals surface area contributed by atoms with Crippen molar-refractivity contribution in [1.29, 1.82) is 0 Å². The summed E-state index contributed by atoms with van der Waals surface area (Å²) in [4.78, 5) is 4.44. The Morgan fingerprint density at radius 1 is 1.38 bits per heavy atom. The van der Waals surface area contributed by atoms with Gasteiger partial charge in [-0.15, -0.1) is 0 Å². The van der Waals surface area contributed by atoms with E-state index in [1.807, 2.05) is 0 Å². The minimum atomic E-state index is 0.458. The first-order chi connectivity index (χ1) is 6.19. The van der Waals surface area contributed by atoms with Crippen molar-refractivity contribution in [3.05, 3.63) is 23.4 Å². The van der Waals surface area contributed by atoms with Crippen LogP contribution in [0.2, 0.25) is 0 Å². The SMILES string of the molecule is CCc1ccc(C(C)C)nc1OC. The molecule has 1 aromatic rings. The highest BCUT2D eigenvalue weighted by Gasteiger charge is 2.06. The molecule has 72 valence electrons. The fraction of sp³-hybridized carbons (Fsp3) is 0.545. The van der Waals surface area contributed by atoms with Crippen LogP contribution in [0.4, 0.5) is 0 Å². The second kappa shape index (κ2) is 4.26. The standard InChI is InChI=1S/C11H17NO/c1-5-9-6-7-10(8(2)3)12-11(9)13-4/h6-8H,5H2,1-4H3. The van der Waals surface area contributed by atoms with E-state index in [-0.39, 0.29) is 0 Å². The van der Waals surface area contributed by atoms with Gasteiger partial charge in [0.25, 0.3) is 0 Å². The second-order valence-electron chi connectivity index (χ2n) is 3.41. The fourth-order valence-electron chi connectivity index (χ4n) is 1.25. The van der Waals surface area contributed by atoms with Gasteiger partial charge in [0.2, 0.25) is 5.88 Å².